The van der Waals surface area contributed by atoms with Gasteiger partial charge in [-0.2, -0.15) is 0 Å². The lowest BCUT2D eigenvalue weighted by Gasteiger charge is -1.95. The molecule has 1 aliphatic carbocycles. The highest BCUT2D eigenvalue weighted by atomic mass is 32.1. The van der Waals surface area contributed by atoms with Crippen molar-refractivity contribution in [2.75, 3.05) is 5.32 Å². The largest absolute Gasteiger partial charge is 0.402 e. The normalized spacial score (nSPS) is 14.8. The van der Waals surface area contributed by atoms with Gasteiger partial charge in [-0.3, -0.25) is 10.1 Å². The Hall–Kier alpha value is -1.76. The van der Waals surface area contributed by atoms with Crippen LogP contribution in [0.4, 0.5) is 6.01 Å². The molecule has 0 aliphatic heterocycles. The van der Waals surface area contributed by atoms with E-state index in [1.807, 2.05) is 13.8 Å². The molecular weight excluding hydrogens is 252 g/mol. The molecule has 0 saturated heterocycles. The number of aromatic nitrogens is 3. The third-order valence-electron chi connectivity index (χ3n) is 2.70. The first-order valence-corrected chi connectivity index (χ1v) is 6.54. The van der Waals surface area contributed by atoms with Gasteiger partial charge in [-0.15, -0.1) is 16.4 Å². The SMILES string of the molecule is Cc1nc(C)c(-c2nnc(NC(=O)C3CC3)o2)s1. The highest BCUT2D eigenvalue weighted by Crippen LogP contribution is 2.32. The fourth-order valence-corrected chi connectivity index (χ4v) is 2.49. The minimum atomic E-state index is -0.0394. The Morgan fingerprint density at radius 3 is 2.78 bits per heavy atom. The van der Waals surface area contributed by atoms with Crippen molar-refractivity contribution in [1.82, 2.24) is 15.2 Å². The molecule has 1 amide bonds. The first-order chi connectivity index (χ1) is 8.63. The summed E-state index contributed by atoms with van der Waals surface area (Å²) in [6.45, 7) is 3.82. The number of thiazole rings is 1. The third-order valence-corrected chi connectivity index (χ3v) is 3.76. The molecular formula is C11H12N4O2S. The number of nitrogens with zero attached hydrogens (tertiary/aromatic N) is 3. The Labute approximate surface area is 107 Å². The van der Waals surface area contributed by atoms with E-state index in [1.54, 1.807) is 0 Å². The lowest BCUT2D eigenvalue weighted by Crippen LogP contribution is -2.13. The molecule has 0 radical (unpaired) electrons. The van der Waals surface area contributed by atoms with E-state index < -0.39 is 0 Å². The summed E-state index contributed by atoms with van der Waals surface area (Å²) in [5.74, 6) is 0.485. The number of carbonyl (C=O) groups is 1. The summed E-state index contributed by atoms with van der Waals surface area (Å²) in [5, 5.41) is 11.3. The van der Waals surface area contributed by atoms with Gasteiger partial charge in [0.15, 0.2) is 0 Å². The molecule has 7 heteroatoms. The fraction of sp³-hybridized carbons (Fsp3) is 0.455. The van der Waals surface area contributed by atoms with E-state index in [0.29, 0.717) is 5.89 Å². The van der Waals surface area contributed by atoms with Gasteiger partial charge in [0.2, 0.25) is 5.91 Å². The van der Waals surface area contributed by atoms with Crippen molar-refractivity contribution >= 4 is 23.3 Å². The van der Waals surface area contributed by atoms with Crippen molar-refractivity contribution in [1.29, 1.82) is 0 Å². The highest BCUT2D eigenvalue weighted by molar-refractivity contribution is 7.15. The van der Waals surface area contributed by atoms with Crippen LogP contribution < -0.4 is 5.32 Å². The van der Waals surface area contributed by atoms with E-state index in [4.69, 9.17) is 4.42 Å². The Balaban J connectivity index is 1.80. The van der Waals surface area contributed by atoms with Gasteiger partial charge in [0, 0.05) is 5.92 Å². The van der Waals surface area contributed by atoms with Gasteiger partial charge in [0.1, 0.15) is 4.88 Å². The number of carbonyl (C=O) groups excluding carboxylic acids is 1. The number of hydrogen-bond acceptors (Lipinski definition) is 6. The van der Waals surface area contributed by atoms with Crippen LogP contribution in [0, 0.1) is 19.8 Å². The van der Waals surface area contributed by atoms with Crippen molar-refractivity contribution in [3.63, 3.8) is 0 Å². The Morgan fingerprint density at radius 1 is 1.39 bits per heavy atom. The fourth-order valence-electron chi connectivity index (χ4n) is 1.65. The molecule has 0 atom stereocenters. The quantitative estimate of drug-likeness (QED) is 0.918. The third kappa shape index (κ3) is 2.13. The van der Waals surface area contributed by atoms with E-state index in [-0.39, 0.29) is 17.8 Å². The van der Waals surface area contributed by atoms with Crippen molar-refractivity contribution in [2.24, 2.45) is 5.92 Å². The molecule has 94 valence electrons. The monoisotopic (exact) mass is 264 g/mol. The summed E-state index contributed by atoms with van der Waals surface area (Å²) in [5.41, 5.74) is 0.862. The van der Waals surface area contributed by atoms with Crippen molar-refractivity contribution in [3.8, 4) is 10.8 Å². The summed E-state index contributed by atoms with van der Waals surface area (Å²) in [6, 6.07) is 0.160. The first-order valence-electron chi connectivity index (χ1n) is 5.72. The number of aryl methyl sites for hydroxylation is 2. The van der Waals surface area contributed by atoms with Crippen LogP contribution in [0.25, 0.3) is 10.8 Å². The molecule has 0 spiro atoms. The van der Waals surface area contributed by atoms with Crippen LogP contribution in [0.5, 0.6) is 0 Å². The summed E-state index contributed by atoms with van der Waals surface area (Å²) in [6.07, 6.45) is 1.89. The van der Waals surface area contributed by atoms with Crippen LogP contribution in [0.15, 0.2) is 4.42 Å². The van der Waals surface area contributed by atoms with E-state index in [1.165, 1.54) is 11.3 Å². The second-order valence-corrected chi connectivity index (χ2v) is 5.53. The minimum absolute atomic E-state index is 0.0394. The molecule has 1 N–H and O–H groups in total. The molecule has 0 bridgehead atoms. The zero-order valence-corrected chi connectivity index (χ0v) is 10.9. The lowest BCUT2D eigenvalue weighted by atomic mass is 10.4. The topological polar surface area (TPSA) is 80.9 Å². The molecule has 0 aromatic carbocycles. The van der Waals surface area contributed by atoms with Gasteiger partial charge in [-0.25, -0.2) is 4.98 Å². The van der Waals surface area contributed by atoms with Gasteiger partial charge in [-0.1, -0.05) is 5.10 Å². The van der Waals surface area contributed by atoms with Crippen LogP contribution in [-0.2, 0) is 4.79 Å². The Morgan fingerprint density at radius 2 is 2.17 bits per heavy atom. The first kappa shape index (κ1) is 11.3. The number of rotatable bonds is 3. The van der Waals surface area contributed by atoms with Crippen LogP contribution in [0.2, 0.25) is 0 Å². The molecule has 2 aromatic heterocycles. The second kappa shape index (κ2) is 4.16. The smallest absolute Gasteiger partial charge is 0.322 e. The van der Waals surface area contributed by atoms with Crippen molar-refractivity contribution in [2.45, 2.75) is 26.7 Å². The maximum Gasteiger partial charge on any atom is 0.322 e. The molecule has 1 aliphatic rings. The van der Waals surface area contributed by atoms with Crippen LogP contribution in [0.1, 0.15) is 23.5 Å². The van der Waals surface area contributed by atoms with E-state index in [0.717, 1.165) is 28.4 Å². The van der Waals surface area contributed by atoms with Crippen LogP contribution >= 0.6 is 11.3 Å². The average molecular weight is 264 g/mol. The molecule has 1 fully saturated rings. The molecule has 3 rings (SSSR count). The summed E-state index contributed by atoms with van der Waals surface area (Å²) in [7, 11) is 0. The summed E-state index contributed by atoms with van der Waals surface area (Å²) >= 11 is 1.50. The molecule has 18 heavy (non-hydrogen) atoms. The molecule has 2 aromatic rings. The maximum atomic E-state index is 11.5. The minimum Gasteiger partial charge on any atom is -0.402 e. The number of anilines is 1. The predicted molar refractivity (Wildman–Crippen MR) is 66.2 cm³/mol. The molecule has 2 heterocycles. The Bertz CT molecular complexity index is 600. The molecule has 0 unspecified atom stereocenters. The standard InChI is InChI=1S/C11H12N4O2S/c1-5-8(18-6(2)12-5)10-14-15-11(17-10)13-9(16)7-3-4-7/h7H,3-4H2,1-2H3,(H,13,15,16). The zero-order valence-electron chi connectivity index (χ0n) is 10.1. The van der Waals surface area contributed by atoms with Crippen LogP contribution in [0.3, 0.4) is 0 Å². The maximum absolute atomic E-state index is 11.5. The van der Waals surface area contributed by atoms with Crippen molar-refractivity contribution < 1.29 is 9.21 Å². The number of nitrogens with one attached hydrogen (secondary N) is 1. The van der Waals surface area contributed by atoms with E-state index in [9.17, 15) is 4.79 Å². The van der Waals surface area contributed by atoms with Gasteiger partial charge in [-0.05, 0) is 26.7 Å². The summed E-state index contributed by atoms with van der Waals surface area (Å²) in [4.78, 5) is 16.7. The van der Waals surface area contributed by atoms with E-state index >= 15 is 0 Å². The number of hydrogen-bond donors (Lipinski definition) is 1. The van der Waals surface area contributed by atoms with Crippen LogP contribution in [-0.4, -0.2) is 21.1 Å². The van der Waals surface area contributed by atoms with Gasteiger partial charge in [0.25, 0.3) is 5.89 Å². The predicted octanol–water partition coefficient (Wildman–Crippen LogP) is 2.16. The van der Waals surface area contributed by atoms with Crippen molar-refractivity contribution in [3.05, 3.63) is 10.7 Å². The molecule has 6 nitrogen and oxygen atoms in total. The van der Waals surface area contributed by atoms with E-state index in [2.05, 4.69) is 20.5 Å². The van der Waals surface area contributed by atoms with Gasteiger partial charge < -0.3 is 4.42 Å². The number of amides is 1. The molecule has 1 saturated carbocycles. The van der Waals surface area contributed by atoms with Gasteiger partial charge in [0.05, 0.1) is 10.7 Å². The second-order valence-electron chi connectivity index (χ2n) is 4.32. The lowest BCUT2D eigenvalue weighted by molar-refractivity contribution is -0.117. The highest BCUT2D eigenvalue weighted by Gasteiger charge is 2.30. The Kier molecular flexibility index (Phi) is 2.62. The zero-order chi connectivity index (χ0) is 12.7. The summed E-state index contributed by atoms with van der Waals surface area (Å²) < 4.78 is 5.43. The van der Waals surface area contributed by atoms with Gasteiger partial charge >= 0.3 is 6.01 Å². The average Bonchev–Trinajstić information content (AvgIpc) is 2.99.